The maximum Gasteiger partial charge on any atom is 0.357 e. The Morgan fingerprint density at radius 3 is 2.85 bits per heavy atom. The second kappa shape index (κ2) is 10.6. The number of amides is 2. The lowest BCUT2D eigenvalue weighted by molar-refractivity contribution is 0.0594. The van der Waals surface area contributed by atoms with Gasteiger partial charge in [0.15, 0.2) is 5.69 Å². The molecule has 0 aliphatic heterocycles. The molecule has 0 saturated heterocycles. The molecule has 0 aliphatic carbocycles. The standard InChI is InChI=1S/C19H25N3O4S/c1-4-26-10-6-9-22(12-17-21-16(13-27-17)18(23)25-3)19(24)20-15-8-5-7-14(2)11-15/h5,7-8,11,13H,4,6,9-10,12H2,1-3H3,(H,20,24). The van der Waals surface area contributed by atoms with Crippen LogP contribution in [-0.4, -0.2) is 48.8 Å². The summed E-state index contributed by atoms with van der Waals surface area (Å²) in [7, 11) is 1.32. The number of urea groups is 1. The predicted octanol–water partition coefficient (Wildman–Crippen LogP) is 3.70. The van der Waals surface area contributed by atoms with Crippen LogP contribution >= 0.6 is 11.3 Å². The first-order valence-electron chi connectivity index (χ1n) is 8.76. The highest BCUT2D eigenvalue weighted by atomic mass is 32.1. The molecule has 1 aromatic heterocycles. The first-order valence-corrected chi connectivity index (χ1v) is 9.64. The average molecular weight is 391 g/mol. The van der Waals surface area contributed by atoms with Crippen molar-refractivity contribution in [1.82, 2.24) is 9.88 Å². The Labute approximate surface area is 163 Å². The van der Waals surface area contributed by atoms with Gasteiger partial charge in [0.05, 0.1) is 13.7 Å². The summed E-state index contributed by atoms with van der Waals surface area (Å²) < 4.78 is 10.0. The van der Waals surface area contributed by atoms with E-state index in [-0.39, 0.29) is 11.7 Å². The van der Waals surface area contributed by atoms with Crippen molar-refractivity contribution < 1.29 is 19.1 Å². The van der Waals surface area contributed by atoms with Crippen LogP contribution in [0.1, 0.15) is 34.4 Å². The Hall–Kier alpha value is -2.45. The van der Waals surface area contributed by atoms with Crippen LogP contribution in [0.2, 0.25) is 0 Å². The van der Waals surface area contributed by atoms with E-state index in [1.54, 1.807) is 10.3 Å². The molecule has 27 heavy (non-hydrogen) atoms. The predicted molar refractivity (Wildman–Crippen MR) is 105 cm³/mol. The fourth-order valence-electron chi connectivity index (χ4n) is 2.42. The van der Waals surface area contributed by atoms with Crippen LogP contribution in [-0.2, 0) is 16.0 Å². The van der Waals surface area contributed by atoms with E-state index in [4.69, 9.17) is 4.74 Å². The molecule has 2 rings (SSSR count). The third-order valence-electron chi connectivity index (χ3n) is 3.75. The van der Waals surface area contributed by atoms with Gasteiger partial charge >= 0.3 is 12.0 Å². The highest BCUT2D eigenvalue weighted by molar-refractivity contribution is 7.09. The quantitative estimate of drug-likeness (QED) is 0.521. The first-order chi connectivity index (χ1) is 13.0. The molecule has 0 unspecified atom stereocenters. The van der Waals surface area contributed by atoms with E-state index in [1.807, 2.05) is 38.1 Å². The van der Waals surface area contributed by atoms with Crippen molar-refractivity contribution in [2.45, 2.75) is 26.8 Å². The molecule has 2 aromatic rings. The number of nitrogens with zero attached hydrogens (tertiary/aromatic N) is 2. The monoisotopic (exact) mass is 391 g/mol. The zero-order valence-electron chi connectivity index (χ0n) is 15.9. The van der Waals surface area contributed by atoms with Crippen LogP contribution in [0.3, 0.4) is 0 Å². The molecule has 2 amide bonds. The maximum absolute atomic E-state index is 12.7. The number of carbonyl (C=O) groups is 2. The number of hydrogen-bond acceptors (Lipinski definition) is 6. The van der Waals surface area contributed by atoms with Crippen LogP contribution in [0.4, 0.5) is 10.5 Å². The number of esters is 1. The van der Waals surface area contributed by atoms with E-state index in [0.29, 0.717) is 37.7 Å². The van der Waals surface area contributed by atoms with Gasteiger partial charge in [-0.2, -0.15) is 0 Å². The number of anilines is 1. The molecule has 1 heterocycles. The minimum Gasteiger partial charge on any atom is -0.464 e. The minimum absolute atomic E-state index is 0.216. The Morgan fingerprint density at radius 1 is 1.33 bits per heavy atom. The number of methoxy groups -OCH3 is 1. The molecule has 7 nitrogen and oxygen atoms in total. The maximum atomic E-state index is 12.7. The van der Waals surface area contributed by atoms with Crippen LogP contribution in [0.25, 0.3) is 0 Å². The molecule has 1 aromatic carbocycles. The van der Waals surface area contributed by atoms with E-state index >= 15 is 0 Å². The zero-order valence-corrected chi connectivity index (χ0v) is 16.7. The van der Waals surface area contributed by atoms with Gasteiger partial charge in [-0.25, -0.2) is 14.6 Å². The van der Waals surface area contributed by atoms with Gasteiger partial charge in [-0.05, 0) is 38.0 Å². The normalized spacial score (nSPS) is 10.5. The van der Waals surface area contributed by atoms with Crippen LogP contribution < -0.4 is 5.32 Å². The molecular weight excluding hydrogens is 366 g/mol. The molecule has 0 saturated carbocycles. The first kappa shape index (κ1) is 20.9. The van der Waals surface area contributed by atoms with Gasteiger partial charge in [0.1, 0.15) is 5.01 Å². The van der Waals surface area contributed by atoms with Gasteiger partial charge in [0.25, 0.3) is 0 Å². The largest absolute Gasteiger partial charge is 0.464 e. The molecule has 1 N–H and O–H groups in total. The molecule has 146 valence electrons. The van der Waals surface area contributed by atoms with Crippen molar-refractivity contribution in [3.8, 4) is 0 Å². The van der Waals surface area contributed by atoms with E-state index in [1.165, 1.54) is 18.4 Å². The molecule has 0 aliphatic rings. The van der Waals surface area contributed by atoms with Gasteiger partial charge < -0.3 is 19.7 Å². The van der Waals surface area contributed by atoms with Crippen molar-refractivity contribution in [2.24, 2.45) is 0 Å². The lowest BCUT2D eigenvalue weighted by atomic mass is 10.2. The number of nitrogens with one attached hydrogen (secondary N) is 1. The number of thiazole rings is 1. The topological polar surface area (TPSA) is 80.8 Å². The second-order valence-electron chi connectivity index (χ2n) is 5.89. The Morgan fingerprint density at radius 2 is 2.15 bits per heavy atom. The van der Waals surface area contributed by atoms with E-state index < -0.39 is 5.97 Å². The summed E-state index contributed by atoms with van der Waals surface area (Å²) in [4.78, 5) is 30.3. The van der Waals surface area contributed by atoms with Gasteiger partial charge in [-0.3, -0.25) is 0 Å². The van der Waals surface area contributed by atoms with E-state index in [0.717, 1.165) is 11.3 Å². The number of benzene rings is 1. The van der Waals surface area contributed by atoms with Crippen molar-refractivity contribution in [3.05, 3.63) is 45.9 Å². The Bertz CT molecular complexity index is 763. The summed E-state index contributed by atoms with van der Waals surface area (Å²) in [5.74, 6) is -0.482. The van der Waals surface area contributed by atoms with Crippen molar-refractivity contribution in [2.75, 3.05) is 32.2 Å². The molecule has 8 heteroatoms. The molecule has 0 fully saturated rings. The Balaban J connectivity index is 2.06. The van der Waals surface area contributed by atoms with Gasteiger partial charge in [0, 0.05) is 30.8 Å². The summed E-state index contributed by atoms with van der Waals surface area (Å²) in [5, 5.41) is 5.23. The smallest absolute Gasteiger partial charge is 0.357 e. The van der Waals surface area contributed by atoms with E-state index in [9.17, 15) is 9.59 Å². The highest BCUT2D eigenvalue weighted by Gasteiger charge is 2.18. The summed E-state index contributed by atoms with van der Waals surface area (Å²) in [6, 6.07) is 7.41. The van der Waals surface area contributed by atoms with Crippen LogP contribution in [0, 0.1) is 6.92 Å². The second-order valence-corrected chi connectivity index (χ2v) is 6.83. The lowest BCUT2D eigenvalue weighted by Gasteiger charge is -2.22. The number of aryl methyl sites for hydroxylation is 1. The highest BCUT2D eigenvalue weighted by Crippen LogP contribution is 2.16. The van der Waals surface area contributed by atoms with Crippen molar-refractivity contribution in [3.63, 3.8) is 0 Å². The number of hydrogen-bond donors (Lipinski definition) is 1. The number of ether oxygens (including phenoxy) is 2. The summed E-state index contributed by atoms with van der Waals surface area (Å²) in [6.45, 7) is 5.96. The van der Waals surface area contributed by atoms with E-state index in [2.05, 4.69) is 15.0 Å². The number of aromatic nitrogens is 1. The molecular formula is C19H25N3O4S. The molecule has 0 atom stereocenters. The minimum atomic E-state index is -0.482. The van der Waals surface area contributed by atoms with Crippen molar-refractivity contribution in [1.29, 1.82) is 0 Å². The number of rotatable bonds is 9. The molecule has 0 radical (unpaired) electrons. The summed E-state index contributed by atoms with van der Waals surface area (Å²) in [6.07, 6.45) is 0.713. The third kappa shape index (κ3) is 6.65. The third-order valence-corrected chi connectivity index (χ3v) is 4.58. The molecule has 0 spiro atoms. The fourth-order valence-corrected chi connectivity index (χ4v) is 3.20. The zero-order chi connectivity index (χ0) is 19.6. The summed E-state index contributed by atoms with van der Waals surface area (Å²) >= 11 is 1.33. The Kier molecular flexibility index (Phi) is 8.22. The summed E-state index contributed by atoms with van der Waals surface area (Å²) in [5.41, 5.74) is 2.06. The van der Waals surface area contributed by atoms with Crippen LogP contribution in [0.5, 0.6) is 0 Å². The lowest BCUT2D eigenvalue weighted by Crippen LogP contribution is -2.35. The fraction of sp³-hybridized carbons (Fsp3) is 0.421. The van der Waals surface area contributed by atoms with Gasteiger partial charge in [-0.1, -0.05) is 12.1 Å². The van der Waals surface area contributed by atoms with Crippen molar-refractivity contribution >= 4 is 29.0 Å². The van der Waals surface area contributed by atoms with Crippen LogP contribution in [0.15, 0.2) is 29.6 Å². The SMILES string of the molecule is CCOCCCN(Cc1nc(C(=O)OC)cs1)C(=O)Nc1cccc(C)c1. The molecule has 0 bridgehead atoms. The average Bonchev–Trinajstić information content (AvgIpc) is 3.12. The van der Waals surface area contributed by atoms with Gasteiger partial charge in [-0.15, -0.1) is 11.3 Å². The number of carbonyl (C=O) groups excluding carboxylic acids is 2. The van der Waals surface area contributed by atoms with Gasteiger partial charge in [0.2, 0.25) is 0 Å².